The summed E-state index contributed by atoms with van der Waals surface area (Å²) in [5, 5.41) is 0. The molecule has 0 aromatic heterocycles. The molecule has 0 saturated heterocycles. The summed E-state index contributed by atoms with van der Waals surface area (Å²) >= 11 is 2.37. The normalized spacial score (nSPS) is 16.7. The van der Waals surface area contributed by atoms with E-state index in [1.165, 1.54) is 0 Å². The van der Waals surface area contributed by atoms with Gasteiger partial charge in [-0.15, -0.1) is 0 Å². The van der Waals surface area contributed by atoms with Gasteiger partial charge >= 0.3 is 6.18 Å². The van der Waals surface area contributed by atoms with Crippen molar-refractivity contribution >= 4 is 15.9 Å². The van der Waals surface area contributed by atoms with Crippen molar-refractivity contribution in [2.45, 2.75) is 17.9 Å². The number of hydrogen-bond acceptors (Lipinski definition) is 0. The van der Waals surface area contributed by atoms with Crippen molar-refractivity contribution in [3.8, 4) is 0 Å². The van der Waals surface area contributed by atoms with Crippen LogP contribution in [0.3, 0.4) is 0 Å². The van der Waals surface area contributed by atoms with Crippen LogP contribution in [-0.4, -0.2) is 11.0 Å². The highest BCUT2D eigenvalue weighted by Gasteiger charge is 2.33. The first kappa shape index (κ1) is 7.27. The van der Waals surface area contributed by atoms with Gasteiger partial charge in [0, 0.05) is 0 Å². The van der Waals surface area contributed by atoms with Crippen LogP contribution in [0.1, 0.15) is 6.92 Å². The van der Waals surface area contributed by atoms with Crippen LogP contribution in [0, 0.1) is 0 Å². The fraction of sp³-hybridized carbons (Fsp3) is 1.00. The maximum atomic E-state index is 11.1. The SMILES string of the molecule is C[C@@H](Br)C(F)(F)F. The Bertz CT molecular complexity index is 55.7. The zero-order valence-corrected chi connectivity index (χ0v) is 5.18. The summed E-state index contributed by atoms with van der Waals surface area (Å²) in [6.07, 6.45) is -4.08. The molecule has 0 heterocycles. The van der Waals surface area contributed by atoms with Gasteiger partial charge in [0.1, 0.15) is 4.83 Å². The van der Waals surface area contributed by atoms with E-state index in [1.807, 2.05) is 0 Å². The summed E-state index contributed by atoms with van der Waals surface area (Å²) in [5.74, 6) is 0. The van der Waals surface area contributed by atoms with Crippen molar-refractivity contribution in [2.24, 2.45) is 0 Å². The highest BCUT2D eigenvalue weighted by Crippen LogP contribution is 2.24. The van der Waals surface area contributed by atoms with Crippen LogP contribution in [0.15, 0.2) is 0 Å². The van der Waals surface area contributed by atoms with Gasteiger partial charge in [-0.05, 0) is 6.92 Å². The summed E-state index contributed by atoms with van der Waals surface area (Å²) in [6.45, 7) is 1.04. The second-order valence-corrected chi connectivity index (χ2v) is 2.53. The molecule has 0 aromatic rings. The lowest BCUT2D eigenvalue weighted by Crippen LogP contribution is -2.18. The summed E-state index contributed by atoms with van der Waals surface area (Å²) in [5.41, 5.74) is 0. The van der Waals surface area contributed by atoms with Crippen molar-refractivity contribution in [3.05, 3.63) is 0 Å². The van der Waals surface area contributed by atoms with Gasteiger partial charge in [0.05, 0.1) is 0 Å². The van der Waals surface area contributed by atoms with E-state index in [2.05, 4.69) is 15.9 Å². The predicted octanol–water partition coefficient (Wildman–Crippen LogP) is 2.33. The second kappa shape index (κ2) is 2.03. The van der Waals surface area contributed by atoms with Gasteiger partial charge in [0.15, 0.2) is 0 Å². The molecule has 1 atom stereocenters. The zero-order valence-electron chi connectivity index (χ0n) is 3.59. The maximum Gasteiger partial charge on any atom is 0.400 e. The molecule has 0 nitrogen and oxygen atoms in total. The van der Waals surface area contributed by atoms with Gasteiger partial charge in [-0.1, -0.05) is 15.9 Å². The lowest BCUT2D eigenvalue weighted by molar-refractivity contribution is -0.123. The van der Waals surface area contributed by atoms with Crippen LogP contribution in [0.4, 0.5) is 13.2 Å². The average molecular weight is 177 g/mol. The molecule has 0 saturated carbocycles. The lowest BCUT2D eigenvalue weighted by Gasteiger charge is -2.05. The molecular formula is C3H4BrF3. The molecule has 0 spiro atoms. The first-order valence-corrected chi connectivity index (χ1v) is 2.57. The highest BCUT2D eigenvalue weighted by molar-refractivity contribution is 9.09. The second-order valence-electron chi connectivity index (χ2n) is 1.16. The smallest absolute Gasteiger partial charge is 0.170 e. The third kappa shape index (κ3) is 2.91. The van der Waals surface area contributed by atoms with Crippen molar-refractivity contribution < 1.29 is 13.2 Å². The first-order valence-electron chi connectivity index (χ1n) is 1.65. The summed E-state index contributed by atoms with van der Waals surface area (Å²) in [6, 6.07) is 0. The van der Waals surface area contributed by atoms with Gasteiger partial charge in [-0.3, -0.25) is 0 Å². The van der Waals surface area contributed by atoms with Crippen LogP contribution < -0.4 is 0 Å². The number of halogens is 4. The molecule has 0 aromatic carbocycles. The van der Waals surface area contributed by atoms with Gasteiger partial charge in [0.25, 0.3) is 0 Å². The molecular weight excluding hydrogens is 173 g/mol. The summed E-state index contributed by atoms with van der Waals surface area (Å²) in [7, 11) is 0. The molecule has 0 radical (unpaired) electrons. The molecule has 0 bridgehead atoms. The summed E-state index contributed by atoms with van der Waals surface area (Å²) < 4.78 is 33.4. The van der Waals surface area contributed by atoms with Crippen LogP contribution in [0.2, 0.25) is 0 Å². The van der Waals surface area contributed by atoms with E-state index >= 15 is 0 Å². The van der Waals surface area contributed by atoms with E-state index in [-0.39, 0.29) is 0 Å². The Balaban J connectivity index is 3.54. The van der Waals surface area contributed by atoms with E-state index in [0.29, 0.717) is 0 Å². The van der Waals surface area contributed by atoms with E-state index in [9.17, 15) is 13.2 Å². The van der Waals surface area contributed by atoms with E-state index in [0.717, 1.165) is 6.92 Å². The Labute approximate surface area is 47.8 Å². The minimum Gasteiger partial charge on any atom is -0.170 e. The molecule has 44 valence electrons. The highest BCUT2D eigenvalue weighted by atomic mass is 79.9. The number of alkyl halides is 4. The van der Waals surface area contributed by atoms with E-state index < -0.39 is 11.0 Å². The molecule has 0 aliphatic rings. The third-order valence-electron chi connectivity index (χ3n) is 0.451. The van der Waals surface area contributed by atoms with Gasteiger partial charge in [0.2, 0.25) is 0 Å². The fourth-order valence-electron chi connectivity index (χ4n) is 0. The first-order chi connectivity index (χ1) is 2.94. The van der Waals surface area contributed by atoms with E-state index in [1.54, 1.807) is 0 Å². The Morgan fingerprint density at radius 3 is 1.57 bits per heavy atom. The molecule has 0 fully saturated rings. The quantitative estimate of drug-likeness (QED) is 0.498. The average Bonchev–Trinajstić information content (AvgIpc) is 1.31. The van der Waals surface area contributed by atoms with Crippen molar-refractivity contribution in [1.82, 2.24) is 0 Å². The van der Waals surface area contributed by atoms with Crippen molar-refractivity contribution in [3.63, 3.8) is 0 Å². The van der Waals surface area contributed by atoms with Gasteiger partial charge in [-0.25, -0.2) is 0 Å². The maximum absolute atomic E-state index is 11.1. The van der Waals surface area contributed by atoms with Crippen LogP contribution in [0.5, 0.6) is 0 Å². The van der Waals surface area contributed by atoms with Crippen molar-refractivity contribution in [1.29, 1.82) is 0 Å². The topological polar surface area (TPSA) is 0 Å². The van der Waals surface area contributed by atoms with Gasteiger partial charge in [-0.2, -0.15) is 13.2 Å². The Kier molecular flexibility index (Phi) is 2.10. The largest absolute Gasteiger partial charge is 0.400 e. The van der Waals surface area contributed by atoms with Crippen LogP contribution in [0.25, 0.3) is 0 Å². The molecule has 7 heavy (non-hydrogen) atoms. The van der Waals surface area contributed by atoms with Crippen molar-refractivity contribution in [2.75, 3.05) is 0 Å². The molecule has 4 heteroatoms. The Hall–Kier alpha value is 0.270. The molecule has 0 N–H and O–H groups in total. The minimum absolute atomic E-state index is 1.04. The standard InChI is InChI=1S/C3H4BrF3/c1-2(4)3(5,6)7/h2H,1H3/t2-/m1/s1. The number of hydrogen-bond donors (Lipinski definition) is 0. The van der Waals surface area contributed by atoms with Gasteiger partial charge < -0.3 is 0 Å². The van der Waals surface area contributed by atoms with Crippen LogP contribution in [-0.2, 0) is 0 Å². The third-order valence-corrected chi connectivity index (χ3v) is 0.970. The molecule has 0 aliphatic heterocycles. The predicted molar refractivity (Wildman–Crippen MR) is 24.4 cm³/mol. The monoisotopic (exact) mass is 176 g/mol. The molecule has 0 aliphatic carbocycles. The zero-order chi connectivity index (χ0) is 6.08. The minimum atomic E-state index is -4.08. The summed E-state index contributed by atoms with van der Waals surface area (Å²) in [4.78, 5) is -1.39. The molecule has 0 amide bonds. The Morgan fingerprint density at radius 2 is 1.57 bits per heavy atom. The van der Waals surface area contributed by atoms with E-state index in [4.69, 9.17) is 0 Å². The molecule has 0 rings (SSSR count). The lowest BCUT2D eigenvalue weighted by atomic mass is 10.5. The fourth-order valence-corrected chi connectivity index (χ4v) is 0. The van der Waals surface area contributed by atoms with Crippen LogP contribution >= 0.6 is 15.9 Å². The number of rotatable bonds is 0. The Morgan fingerprint density at radius 1 is 1.43 bits per heavy atom. The molecule has 0 unspecified atom stereocenters.